The lowest BCUT2D eigenvalue weighted by atomic mass is 10.1. The van der Waals surface area contributed by atoms with Crippen molar-refractivity contribution in [1.82, 2.24) is 9.88 Å². The number of hydrogen-bond donors (Lipinski definition) is 1. The van der Waals surface area contributed by atoms with Crippen molar-refractivity contribution in [3.63, 3.8) is 0 Å². The number of hydrogen-bond acceptors (Lipinski definition) is 3. The molecule has 4 heteroatoms. The Bertz CT molecular complexity index is 637. The Morgan fingerprint density at radius 2 is 2.10 bits per heavy atom. The Morgan fingerprint density at radius 1 is 1.24 bits per heavy atom. The van der Waals surface area contributed by atoms with Gasteiger partial charge in [0.2, 0.25) is 5.91 Å². The average molecular weight is 281 g/mol. The van der Waals surface area contributed by atoms with Crippen molar-refractivity contribution in [3.05, 3.63) is 59.4 Å². The first-order valence-corrected chi connectivity index (χ1v) is 7.23. The summed E-state index contributed by atoms with van der Waals surface area (Å²) in [7, 11) is 0. The van der Waals surface area contributed by atoms with Crippen LogP contribution in [0.15, 0.2) is 42.6 Å². The van der Waals surface area contributed by atoms with Crippen LogP contribution >= 0.6 is 0 Å². The molecule has 0 saturated carbocycles. The highest BCUT2D eigenvalue weighted by molar-refractivity contribution is 5.77. The Morgan fingerprint density at radius 3 is 2.90 bits per heavy atom. The van der Waals surface area contributed by atoms with E-state index in [1.54, 1.807) is 0 Å². The Hall–Kier alpha value is -2.36. The molecule has 1 aromatic heterocycles. The van der Waals surface area contributed by atoms with Crippen molar-refractivity contribution in [3.8, 4) is 0 Å². The molecule has 0 bridgehead atoms. The summed E-state index contributed by atoms with van der Waals surface area (Å²) < 4.78 is 0. The van der Waals surface area contributed by atoms with Crippen LogP contribution in [0, 0.1) is 6.92 Å². The monoisotopic (exact) mass is 281 g/mol. The third-order valence-electron chi connectivity index (χ3n) is 3.73. The molecule has 21 heavy (non-hydrogen) atoms. The van der Waals surface area contributed by atoms with Gasteiger partial charge in [-0.25, -0.2) is 0 Å². The number of pyridine rings is 1. The van der Waals surface area contributed by atoms with Gasteiger partial charge in [0.25, 0.3) is 0 Å². The second-order valence-corrected chi connectivity index (χ2v) is 5.39. The van der Waals surface area contributed by atoms with Gasteiger partial charge in [-0.05, 0) is 30.2 Å². The molecule has 1 aliphatic rings. The zero-order valence-corrected chi connectivity index (χ0v) is 12.2. The van der Waals surface area contributed by atoms with Crippen LogP contribution in [0.5, 0.6) is 0 Å². The first-order valence-electron chi connectivity index (χ1n) is 7.23. The maximum atomic E-state index is 12.3. The number of para-hydroxylation sites is 1. The van der Waals surface area contributed by atoms with E-state index in [-0.39, 0.29) is 5.91 Å². The van der Waals surface area contributed by atoms with E-state index in [2.05, 4.69) is 22.4 Å². The molecule has 4 nitrogen and oxygen atoms in total. The van der Waals surface area contributed by atoms with Crippen LogP contribution in [0.4, 0.5) is 5.69 Å². The molecule has 1 aliphatic heterocycles. The number of carbonyl (C=O) groups is 1. The summed E-state index contributed by atoms with van der Waals surface area (Å²) in [5.74, 6) is 0.178. The fourth-order valence-corrected chi connectivity index (χ4v) is 2.54. The van der Waals surface area contributed by atoms with Gasteiger partial charge >= 0.3 is 0 Å². The standard InChI is InChI=1S/C17H19N3O/c1-13-6-7-14(10-19-13)11-20-12-15-4-2-3-5-16(15)18-9-8-17(20)21/h2-7,10,18H,8-9,11-12H2,1H3. The molecule has 0 aliphatic carbocycles. The SMILES string of the molecule is Cc1ccc(CN2Cc3ccccc3NCCC2=O)cn1. The second kappa shape index (κ2) is 5.95. The number of amides is 1. The molecule has 2 aromatic rings. The van der Waals surface area contributed by atoms with Crippen molar-refractivity contribution >= 4 is 11.6 Å². The fraction of sp³-hybridized carbons (Fsp3) is 0.294. The van der Waals surface area contributed by atoms with Gasteiger partial charge in [0, 0.05) is 43.6 Å². The van der Waals surface area contributed by atoms with E-state index < -0.39 is 0 Å². The first kappa shape index (κ1) is 13.6. The summed E-state index contributed by atoms with van der Waals surface area (Å²) in [5.41, 5.74) is 4.34. The van der Waals surface area contributed by atoms with Gasteiger partial charge in [-0.15, -0.1) is 0 Å². The number of benzene rings is 1. The summed E-state index contributed by atoms with van der Waals surface area (Å²) in [6, 6.07) is 12.2. The number of nitrogens with zero attached hydrogens (tertiary/aromatic N) is 2. The largest absolute Gasteiger partial charge is 0.384 e. The van der Waals surface area contributed by atoms with Crippen LogP contribution in [0.1, 0.15) is 23.2 Å². The highest BCUT2D eigenvalue weighted by atomic mass is 16.2. The minimum absolute atomic E-state index is 0.178. The Kier molecular flexibility index (Phi) is 3.86. The van der Waals surface area contributed by atoms with Crippen molar-refractivity contribution in [2.24, 2.45) is 0 Å². The number of nitrogens with one attached hydrogen (secondary N) is 1. The third kappa shape index (κ3) is 3.21. The molecule has 108 valence electrons. The van der Waals surface area contributed by atoms with E-state index in [0.29, 0.717) is 26.1 Å². The van der Waals surface area contributed by atoms with Crippen LogP contribution < -0.4 is 5.32 Å². The number of fused-ring (bicyclic) bond motifs is 1. The third-order valence-corrected chi connectivity index (χ3v) is 3.73. The zero-order chi connectivity index (χ0) is 14.7. The molecule has 0 unspecified atom stereocenters. The van der Waals surface area contributed by atoms with E-state index in [4.69, 9.17) is 0 Å². The van der Waals surface area contributed by atoms with Gasteiger partial charge in [-0.3, -0.25) is 9.78 Å². The molecule has 0 spiro atoms. The molecule has 0 atom stereocenters. The predicted molar refractivity (Wildman–Crippen MR) is 82.8 cm³/mol. The van der Waals surface area contributed by atoms with Crippen LogP contribution in [0.3, 0.4) is 0 Å². The Balaban J connectivity index is 1.83. The minimum Gasteiger partial charge on any atom is -0.384 e. The first-order chi connectivity index (χ1) is 10.2. The zero-order valence-electron chi connectivity index (χ0n) is 12.2. The van der Waals surface area contributed by atoms with Crippen LogP contribution in [0.25, 0.3) is 0 Å². The van der Waals surface area contributed by atoms with E-state index in [9.17, 15) is 4.79 Å². The minimum atomic E-state index is 0.178. The number of anilines is 1. The summed E-state index contributed by atoms with van der Waals surface area (Å²) >= 11 is 0. The van der Waals surface area contributed by atoms with Gasteiger partial charge in [0.15, 0.2) is 0 Å². The van der Waals surface area contributed by atoms with Crippen LogP contribution in [-0.2, 0) is 17.9 Å². The molecule has 1 amide bonds. The quantitative estimate of drug-likeness (QED) is 0.920. The Labute approximate surface area is 124 Å². The normalized spacial score (nSPS) is 14.9. The predicted octanol–water partition coefficient (Wildman–Crippen LogP) is 2.73. The lowest BCUT2D eigenvalue weighted by molar-refractivity contribution is -0.132. The summed E-state index contributed by atoms with van der Waals surface area (Å²) in [4.78, 5) is 18.5. The maximum absolute atomic E-state index is 12.3. The topological polar surface area (TPSA) is 45.2 Å². The number of carbonyl (C=O) groups excluding carboxylic acids is 1. The molecule has 0 fully saturated rings. The molecule has 3 rings (SSSR count). The van der Waals surface area contributed by atoms with Crippen molar-refractivity contribution < 1.29 is 4.79 Å². The average Bonchev–Trinajstić information content (AvgIpc) is 2.48. The van der Waals surface area contributed by atoms with Gasteiger partial charge in [0.05, 0.1) is 0 Å². The van der Waals surface area contributed by atoms with Gasteiger partial charge in [-0.1, -0.05) is 24.3 Å². The number of aromatic nitrogens is 1. The highest BCUT2D eigenvalue weighted by Gasteiger charge is 2.18. The molecule has 0 saturated heterocycles. The van der Waals surface area contributed by atoms with E-state index in [0.717, 1.165) is 22.5 Å². The van der Waals surface area contributed by atoms with Gasteiger partial charge in [0.1, 0.15) is 0 Å². The highest BCUT2D eigenvalue weighted by Crippen LogP contribution is 2.21. The lowest BCUT2D eigenvalue weighted by Gasteiger charge is -2.27. The second-order valence-electron chi connectivity index (χ2n) is 5.39. The van der Waals surface area contributed by atoms with Gasteiger partial charge in [-0.2, -0.15) is 0 Å². The van der Waals surface area contributed by atoms with E-state index in [1.165, 1.54) is 0 Å². The molecule has 2 heterocycles. The lowest BCUT2D eigenvalue weighted by Crippen LogP contribution is -2.33. The molecular formula is C17H19N3O. The summed E-state index contributed by atoms with van der Waals surface area (Å²) in [6.07, 6.45) is 2.37. The van der Waals surface area contributed by atoms with Crippen molar-refractivity contribution in [1.29, 1.82) is 0 Å². The molecule has 1 aromatic carbocycles. The molecule has 1 N–H and O–H groups in total. The van der Waals surface area contributed by atoms with Gasteiger partial charge < -0.3 is 10.2 Å². The van der Waals surface area contributed by atoms with E-state index >= 15 is 0 Å². The van der Waals surface area contributed by atoms with Crippen molar-refractivity contribution in [2.45, 2.75) is 26.4 Å². The number of aryl methyl sites for hydroxylation is 1. The molecular weight excluding hydrogens is 262 g/mol. The van der Waals surface area contributed by atoms with Crippen LogP contribution in [0.2, 0.25) is 0 Å². The fourth-order valence-electron chi connectivity index (χ4n) is 2.54. The number of rotatable bonds is 2. The maximum Gasteiger partial charge on any atom is 0.224 e. The summed E-state index contributed by atoms with van der Waals surface area (Å²) in [6.45, 7) is 3.89. The van der Waals surface area contributed by atoms with Crippen LogP contribution in [-0.4, -0.2) is 22.3 Å². The smallest absolute Gasteiger partial charge is 0.224 e. The van der Waals surface area contributed by atoms with Crippen molar-refractivity contribution in [2.75, 3.05) is 11.9 Å². The molecule has 0 radical (unpaired) electrons. The summed E-state index contributed by atoms with van der Waals surface area (Å²) in [5, 5.41) is 3.33. The van der Waals surface area contributed by atoms with E-state index in [1.807, 2.05) is 42.3 Å².